The summed E-state index contributed by atoms with van der Waals surface area (Å²) in [4.78, 5) is 26.0. The lowest BCUT2D eigenvalue weighted by Gasteiger charge is -2.37. The highest BCUT2D eigenvalue weighted by Gasteiger charge is 2.40. The third-order valence-electron chi connectivity index (χ3n) is 5.07. The molecule has 0 spiro atoms. The van der Waals surface area contributed by atoms with E-state index >= 15 is 0 Å². The Morgan fingerprint density at radius 1 is 1.25 bits per heavy atom. The maximum Gasteiger partial charge on any atom is 0.337 e. The second kappa shape index (κ2) is 9.21. The van der Waals surface area contributed by atoms with Gasteiger partial charge >= 0.3 is 5.97 Å². The molecule has 1 aromatic rings. The molecule has 3 rings (SSSR count). The molecule has 0 saturated carbocycles. The monoisotopic (exact) mass is 389 g/mol. The van der Waals surface area contributed by atoms with E-state index in [0.29, 0.717) is 30.8 Å². The van der Waals surface area contributed by atoms with E-state index in [0.717, 1.165) is 18.7 Å². The van der Waals surface area contributed by atoms with E-state index in [-0.39, 0.29) is 24.3 Å². The number of ether oxygens (including phenoxy) is 3. The number of aliphatic hydroxyl groups is 1. The summed E-state index contributed by atoms with van der Waals surface area (Å²) in [7, 11) is 1.35. The number of methoxy groups -OCH3 is 1. The van der Waals surface area contributed by atoms with Gasteiger partial charge in [0.1, 0.15) is 0 Å². The largest absolute Gasteiger partial charge is 0.465 e. The number of hydrogen-bond donors (Lipinski definition) is 1. The van der Waals surface area contributed by atoms with Crippen molar-refractivity contribution in [3.05, 3.63) is 47.2 Å². The summed E-state index contributed by atoms with van der Waals surface area (Å²) >= 11 is 0. The number of aliphatic hydroxyl groups excluding tert-OH is 1. The second-order valence-electron chi connectivity index (χ2n) is 6.93. The van der Waals surface area contributed by atoms with E-state index in [1.54, 1.807) is 17.0 Å². The average Bonchev–Trinajstić information content (AvgIpc) is 3.57. The van der Waals surface area contributed by atoms with Crippen LogP contribution in [0, 0.1) is 5.92 Å². The second-order valence-corrected chi connectivity index (χ2v) is 6.93. The van der Waals surface area contributed by atoms with Crippen LogP contribution in [0.25, 0.3) is 0 Å². The van der Waals surface area contributed by atoms with Gasteiger partial charge in [-0.05, 0) is 43.5 Å². The molecule has 1 N–H and O–H groups in total. The van der Waals surface area contributed by atoms with Gasteiger partial charge in [-0.1, -0.05) is 12.1 Å². The van der Waals surface area contributed by atoms with E-state index in [9.17, 15) is 14.7 Å². The van der Waals surface area contributed by atoms with Gasteiger partial charge in [0.2, 0.25) is 6.29 Å². The van der Waals surface area contributed by atoms with Crippen molar-refractivity contribution in [2.75, 3.05) is 33.4 Å². The van der Waals surface area contributed by atoms with Gasteiger partial charge in [0.15, 0.2) is 5.76 Å². The molecule has 1 aromatic carbocycles. The Morgan fingerprint density at radius 2 is 1.96 bits per heavy atom. The number of rotatable bonds is 8. The fourth-order valence-electron chi connectivity index (χ4n) is 3.51. The Morgan fingerprint density at radius 3 is 2.54 bits per heavy atom. The van der Waals surface area contributed by atoms with Crippen LogP contribution >= 0.6 is 0 Å². The molecule has 1 amide bonds. The molecule has 0 unspecified atom stereocenters. The van der Waals surface area contributed by atoms with Crippen molar-refractivity contribution in [1.29, 1.82) is 0 Å². The average molecular weight is 389 g/mol. The summed E-state index contributed by atoms with van der Waals surface area (Å²) in [5.74, 6) is -0.389. The SMILES string of the molecule is CCO[C@H]1OC(C(=O)N2CC2)=C[C@@H](c2ccc(C(=O)OC)cc2)[C@@H]1CCCO. The Kier molecular flexibility index (Phi) is 6.70. The Balaban J connectivity index is 1.93. The third-order valence-corrected chi connectivity index (χ3v) is 5.07. The van der Waals surface area contributed by atoms with Crippen molar-refractivity contribution < 1.29 is 28.9 Å². The lowest BCUT2D eigenvalue weighted by atomic mass is 9.80. The number of carbonyl (C=O) groups is 2. The smallest absolute Gasteiger partial charge is 0.337 e. The number of amides is 1. The first-order valence-electron chi connectivity index (χ1n) is 9.67. The minimum absolute atomic E-state index is 0.0539. The zero-order chi connectivity index (χ0) is 20.1. The highest BCUT2D eigenvalue weighted by molar-refractivity contribution is 5.93. The normalized spacial score (nSPS) is 23.6. The minimum atomic E-state index is -0.564. The van der Waals surface area contributed by atoms with Crippen LogP contribution in [0.15, 0.2) is 36.1 Å². The van der Waals surface area contributed by atoms with Crippen molar-refractivity contribution in [3.63, 3.8) is 0 Å². The Hall–Kier alpha value is -2.38. The molecular weight excluding hydrogens is 362 g/mol. The fourth-order valence-corrected chi connectivity index (χ4v) is 3.51. The molecule has 2 heterocycles. The van der Waals surface area contributed by atoms with Crippen LogP contribution in [0.1, 0.15) is 41.6 Å². The molecule has 152 valence electrons. The zero-order valence-electron chi connectivity index (χ0n) is 16.3. The molecule has 2 aliphatic rings. The van der Waals surface area contributed by atoms with Crippen molar-refractivity contribution >= 4 is 11.9 Å². The van der Waals surface area contributed by atoms with E-state index in [2.05, 4.69) is 0 Å². The fraction of sp³-hybridized carbons (Fsp3) is 0.524. The van der Waals surface area contributed by atoms with E-state index in [1.165, 1.54) is 7.11 Å². The lowest BCUT2D eigenvalue weighted by molar-refractivity contribution is -0.168. The van der Waals surface area contributed by atoms with E-state index < -0.39 is 12.3 Å². The van der Waals surface area contributed by atoms with Crippen LogP contribution in [-0.4, -0.2) is 61.6 Å². The Labute approximate surface area is 164 Å². The first kappa shape index (κ1) is 20.4. The number of benzene rings is 1. The first-order valence-corrected chi connectivity index (χ1v) is 9.67. The van der Waals surface area contributed by atoms with E-state index in [1.807, 2.05) is 25.1 Å². The number of allylic oxidation sites excluding steroid dienone is 1. The molecule has 1 fully saturated rings. The molecule has 3 atom stereocenters. The van der Waals surface area contributed by atoms with Crippen LogP contribution in [0.2, 0.25) is 0 Å². The standard InChI is InChI=1S/C21H27NO6/c1-3-27-21-16(5-4-12-23)17(13-18(28-21)19(24)22-10-11-22)14-6-8-15(9-7-14)20(25)26-2/h6-9,13,16-17,21,23H,3-5,10-12H2,1-2H3/t16-,17-,21-/m0/s1. The van der Waals surface area contributed by atoms with E-state index in [4.69, 9.17) is 14.2 Å². The highest BCUT2D eigenvalue weighted by atomic mass is 16.7. The zero-order valence-corrected chi connectivity index (χ0v) is 16.3. The van der Waals surface area contributed by atoms with Crippen molar-refractivity contribution in [2.24, 2.45) is 5.92 Å². The summed E-state index contributed by atoms with van der Waals surface area (Å²) in [5.41, 5.74) is 1.43. The van der Waals surface area contributed by atoms with Crippen LogP contribution < -0.4 is 0 Å². The quantitative estimate of drug-likeness (QED) is 0.541. The highest BCUT2D eigenvalue weighted by Crippen LogP contribution is 2.40. The van der Waals surface area contributed by atoms with Crippen LogP contribution in [0.3, 0.4) is 0 Å². The van der Waals surface area contributed by atoms with Crippen LogP contribution in [0.4, 0.5) is 0 Å². The van der Waals surface area contributed by atoms with Gasteiger partial charge in [-0.2, -0.15) is 0 Å². The molecular formula is C21H27NO6. The van der Waals surface area contributed by atoms with Gasteiger partial charge < -0.3 is 24.2 Å². The Bertz CT molecular complexity index is 725. The summed E-state index contributed by atoms with van der Waals surface area (Å²) < 4.78 is 16.5. The molecule has 0 aromatic heterocycles. The number of esters is 1. The molecule has 28 heavy (non-hydrogen) atoms. The molecule has 1 saturated heterocycles. The van der Waals surface area contributed by atoms with Crippen LogP contribution in [-0.2, 0) is 19.0 Å². The van der Waals surface area contributed by atoms with Gasteiger partial charge in [-0.15, -0.1) is 0 Å². The minimum Gasteiger partial charge on any atom is -0.465 e. The summed E-state index contributed by atoms with van der Waals surface area (Å²) in [6.07, 6.45) is 2.58. The van der Waals surface area contributed by atoms with Gasteiger partial charge in [-0.3, -0.25) is 4.79 Å². The maximum atomic E-state index is 12.6. The van der Waals surface area contributed by atoms with Gasteiger partial charge in [0.05, 0.1) is 12.7 Å². The summed E-state index contributed by atoms with van der Waals surface area (Å²) in [6, 6.07) is 7.17. The van der Waals surface area contributed by atoms with Gasteiger partial charge in [-0.25, -0.2) is 4.79 Å². The third kappa shape index (κ3) is 4.54. The molecule has 0 radical (unpaired) electrons. The summed E-state index contributed by atoms with van der Waals surface area (Å²) in [6.45, 7) is 3.90. The maximum absolute atomic E-state index is 12.6. The van der Waals surface area contributed by atoms with Gasteiger partial charge in [0, 0.05) is 38.1 Å². The number of carbonyl (C=O) groups excluding carboxylic acids is 2. The van der Waals surface area contributed by atoms with Crippen molar-refractivity contribution in [3.8, 4) is 0 Å². The molecule has 0 bridgehead atoms. The molecule has 7 heteroatoms. The predicted molar refractivity (Wildman–Crippen MR) is 101 cm³/mol. The molecule has 7 nitrogen and oxygen atoms in total. The van der Waals surface area contributed by atoms with Gasteiger partial charge in [0.25, 0.3) is 5.91 Å². The van der Waals surface area contributed by atoms with Crippen molar-refractivity contribution in [1.82, 2.24) is 4.90 Å². The van der Waals surface area contributed by atoms with Crippen molar-refractivity contribution in [2.45, 2.75) is 32.0 Å². The first-order chi connectivity index (χ1) is 13.6. The summed E-state index contributed by atoms with van der Waals surface area (Å²) in [5, 5.41) is 9.31. The predicted octanol–water partition coefficient (Wildman–Crippen LogP) is 2.06. The van der Waals surface area contributed by atoms with Crippen LogP contribution in [0.5, 0.6) is 0 Å². The number of nitrogens with zero attached hydrogens (tertiary/aromatic N) is 1. The number of hydrogen-bond acceptors (Lipinski definition) is 6. The molecule has 0 aliphatic carbocycles. The molecule has 2 aliphatic heterocycles. The topological polar surface area (TPSA) is 85.1 Å². The lowest BCUT2D eigenvalue weighted by Crippen LogP contribution is -2.37.